The van der Waals surface area contributed by atoms with Crippen LogP contribution in [0.25, 0.3) is 0 Å². The molecule has 0 spiro atoms. The third kappa shape index (κ3) is 4.47. The van der Waals surface area contributed by atoms with E-state index in [9.17, 15) is 9.59 Å². The molecule has 2 unspecified atom stereocenters. The van der Waals surface area contributed by atoms with Crippen LogP contribution in [0, 0.1) is 0 Å². The van der Waals surface area contributed by atoms with E-state index < -0.39 is 0 Å². The van der Waals surface area contributed by atoms with Crippen molar-refractivity contribution in [2.24, 2.45) is 0 Å². The molecule has 0 radical (unpaired) electrons. The van der Waals surface area contributed by atoms with Crippen molar-refractivity contribution in [3.63, 3.8) is 0 Å². The predicted octanol–water partition coefficient (Wildman–Crippen LogP) is -0.508. The summed E-state index contributed by atoms with van der Waals surface area (Å²) in [5.74, 6) is 0.125. The first-order valence-corrected chi connectivity index (χ1v) is 7.01. The molecule has 0 bridgehead atoms. The number of nitrogens with zero attached hydrogens (tertiary/aromatic N) is 1. The Morgan fingerprint density at radius 2 is 2.32 bits per heavy atom. The van der Waals surface area contributed by atoms with Crippen molar-refractivity contribution in [2.45, 2.75) is 38.3 Å². The second-order valence-corrected chi connectivity index (χ2v) is 5.31. The minimum absolute atomic E-state index is 0.0263. The molecule has 0 aromatic heterocycles. The second-order valence-electron chi connectivity index (χ2n) is 5.31. The van der Waals surface area contributed by atoms with Crippen molar-refractivity contribution in [3.05, 3.63) is 0 Å². The van der Waals surface area contributed by atoms with Crippen molar-refractivity contribution in [1.29, 1.82) is 0 Å². The average Bonchev–Trinajstić information content (AvgIpc) is 2.39. The fourth-order valence-corrected chi connectivity index (χ4v) is 2.70. The average molecular weight is 269 g/mol. The monoisotopic (exact) mass is 269 g/mol. The Labute approximate surface area is 113 Å². The number of nitrogens with one attached hydrogen (secondary N) is 2. The summed E-state index contributed by atoms with van der Waals surface area (Å²) in [5, 5.41) is 6.19. The van der Waals surface area contributed by atoms with Crippen LogP contribution < -0.4 is 10.6 Å². The number of likely N-dealkylation sites (tertiary alicyclic amines) is 1. The van der Waals surface area contributed by atoms with Gasteiger partial charge in [-0.05, 0) is 12.8 Å². The van der Waals surface area contributed by atoms with Gasteiger partial charge >= 0.3 is 0 Å². The summed E-state index contributed by atoms with van der Waals surface area (Å²) in [6, 6.07) is 0.230. The number of amides is 2. The van der Waals surface area contributed by atoms with Crippen molar-refractivity contribution in [2.75, 3.05) is 32.8 Å². The zero-order chi connectivity index (χ0) is 13.7. The Bertz CT molecular complexity index is 329. The van der Waals surface area contributed by atoms with E-state index in [0.29, 0.717) is 19.6 Å². The van der Waals surface area contributed by atoms with Crippen LogP contribution in [0.5, 0.6) is 0 Å². The lowest BCUT2D eigenvalue weighted by Gasteiger charge is -2.34. The molecule has 19 heavy (non-hydrogen) atoms. The molecule has 2 saturated heterocycles. The normalized spacial score (nSPS) is 27.9. The summed E-state index contributed by atoms with van der Waals surface area (Å²) in [5.41, 5.74) is 0. The van der Waals surface area contributed by atoms with E-state index in [-0.39, 0.29) is 23.9 Å². The molecule has 2 rings (SSSR count). The molecule has 0 aromatic carbocycles. The lowest BCUT2D eigenvalue weighted by atomic mass is 10.0. The number of carbonyl (C=O) groups excluding carboxylic acids is 2. The van der Waals surface area contributed by atoms with E-state index in [1.165, 1.54) is 6.92 Å². The van der Waals surface area contributed by atoms with Crippen LogP contribution >= 0.6 is 0 Å². The van der Waals surface area contributed by atoms with Gasteiger partial charge < -0.3 is 20.3 Å². The van der Waals surface area contributed by atoms with Gasteiger partial charge in [-0.2, -0.15) is 0 Å². The van der Waals surface area contributed by atoms with Gasteiger partial charge in [-0.25, -0.2) is 0 Å². The molecule has 0 aliphatic carbocycles. The molecule has 2 heterocycles. The highest BCUT2D eigenvalue weighted by Gasteiger charge is 2.26. The van der Waals surface area contributed by atoms with E-state index in [1.807, 2.05) is 4.90 Å². The van der Waals surface area contributed by atoms with Crippen LogP contribution in [0.2, 0.25) is 0 Å². The molecule has 2 aliphatic heterocycles. The third-order valence-electron chi connectivity index (χ3n) is 3.60. The Morgan fingerprint density at radius 3 is 3.00 bits per heavy atom. The minimum atomic E-state index is -0.0263. The third-order valence-corrected chi connectivity index (χ3v) is 3.60. The van der Waals surface area contributed by atoms with E-state index in [1.54, 1.807) is 0 Å². The molecule has 0 saturated carbocycles. The van der Waals surface area contributed by atoms with Gasteiger partial charge in [0.2, 0.25) is 11.8 Å². The topological polar surface area (TPSA) is 70.7 Å². The van der Waals surface area contributed by atoms with E-state index >= 15 is 0 Å². The molecule has 6 nitrogen and oxygen atoms in total. The fourth-order valence-electron chi connectivity index (χ4n) is 2.70. The summed E-state index contributed by atoms with van der Waals surface area (Å²) in [6.45, 7) is 5.08. The van der Waals surface area contributed by atoms with E-state index in [4.69, 9.17) is 4.74 Å². The van der Waals surface area contributed by atoms with Crippen LogP contribution in [-0.2, 0) is 14.3 Å². The molecule has 0 aromatic rings. The predicted molar refractivity (Wildman–Crippen MR) is 70.6 cm³/mol. The molecule has 2 fully saturated rings. The first kappa shape index (κ1) is 14.3. The standard InChI is InChI=1S/C13H23N3O3/c1-10(17)15-11-3-2-5-16(8-11)13(18)7-12-9-19-6-4-14-12/h11-12,14H,2-9H2,1H3,(H,15,17). The van der Waals surface area contributed by atoms with Crippen molar-refractivity contribution < 1.29 is 14.3 Å². The van der Waals surface area contributed by atoms with Crippen LogP contribution in [0.15, 0.2) is 0 Å². The summed E-state index contributed by atoms with van der Waals surface area (Å²) in [4.78, 5) is 25.1. The SMILES string of the molecule is CC(=O)NC1CCCN(C(=O)CC2COCCN2)C1. The van der Waals surface area contributed by atoms with Gasteiger partial charge in [0.25, 0.3) is 0 Å². The van der Waals surface area contributed by atoms with Gasteiger partial charge in [0.1, 0.15) is 0 Å². The molecule has 2 atom stereocenters. The Balaban J connectivity index is 1.79. The zero-order valence-corrected chi connectivity index (χ0v) is 11.5. The van der Waals surface area contributed by atoms with Crippen LogP contribution in [0.3, 0.4) is 0 Å². The Hall–Kier alpha value is -1.14. The van der Waals surface area contributed by atoms with Crippen molar-refractivity contribution in [1.82, 2.24) is 15.5 Å². The number of hydrogen-bond acceptors (Lipinski definition) is 4. The number of hydrogen-bond donors (Lipinski definition) is 2. The largest absolute Gasteiger partial charge is 0.378 e. The number of carbonyl (C=O) groups is 2. The first-order chi connectivity index (χ1) is 9.15. The number of morpholine rings is 1. The summed E-state index contributed by atoms with van der Waals surface area (Å²) in [7, 11) is 0. The zero-order valence-electron chi connectivity index (χ0n) is 11.5. The van der Waals surface area contributed by atoms with Gasteiger partial charge in [0, 0.05) is 45.1 Å². The summed E-state index contributed by atoms with van der Waals surface area (Å²) in [6.07, 6.45) is 2.38. The molecule has 2 N–H and O–H groups in total. The van der Waals surface area contributed by atoms with Crippen LogP contribution in [-0.4, -0.2) is 61.6 Å². The smallest absolute Gasteiger partial charge is 0.224 e. The second kappa shape index (κ2) is 6.86. The molecule has 2 aliphatic rings. The van der Waals surface area contributed by atoms with Gasteiger partial charge in [-0.1, -0.05) is 0 Å². The lowest BCUT2D eigenvalue weighted by molar-refractivity contribution is -0.134. The quantitative estimate of drug-likeness (QED) is 0.724. The van der Waals surface area contributed by atoms with Crippen LogP contribution in [0.1, 0.15) is 26.2 Å². The molecule has 108 valence electrons. The number of piperidine rings is 1. The Morgan fingerprint density at radius 1 is 1.47 bits per heavy atom. The van der Waals surface area contributed by atoms with Crippen molar-refractivity contribution >= 4 is 11.8 Å². The van der Waals surface area contributed by atoms with Gasteiger partial charge in [-0.3, -0.25) is 9.59 Å². The highest BCUT2D eigenvalue weighted by Crippen LogP contribution is 2.12. The molecule has 6 heteroatoms. The van der Waals surface area contributed by atoms with Gasteiger partial charge in [0.15, 0.2) is 0 Å². The first-order valence-electron chi connectivity index (χ1n) is 7.01. The maximum absolute atomic E-state index is 12.2. The fraction of sp³-hybridized carbons (Fsp3) is 0.846. The van der Waals surface area contributed by atoms with Crippen LogP contribution in [0.4, 0.5) is 0 Å². The van der Waals surface area contributed by atoms with E-state index in [2.05, 4.69) is 10.6 Å². The highest BCUT2D eigenvalue weighted by atomic mass is 16.5. The molecular weight excluding hydrogens is 246 g/mol. The number of rotatable bonds is 3. The van der Waals surface area contributed by atoms with Gasteiger partial charge in [0.05, 0.1) is 13.2 Å². The maximum atomic E-state index is 12.2. The highest BCUT2D eigenvalue weighted by molar-refractivity contribution is 5.77. The van der Waals surface area contributed by atoms with Gasteiger partial charge in [-0.15, -0.1) is 0 Å². The van der Waals surface area contributed by atoms with Crippen molar-refractivity contribution in [3.8, 4) is 0 Å². The minimum Gasteiger partial charge on any atom is -0.378 e. The Kier molecular flexibility index (Phi) is 5.15. The molecular formula is C13H23N3O3. The summed E-state index contributed by atoms with van der Waals surface area (Å²) >= 11 is 0. The summed E-state index contributed by atoms with van der Waals surface area (Å²) < 4.78 is 5.35. The maximum Gasteiger partial charge on any atom is 0.224 e. The lowest BCUT2D eigenvalue weighted by Crippen LogP contribution is -2.51. The number of ether oxygens (including phenoxy) is 1. The van der Waals surface area contributed by atoms with E-state index in [0.717, 1.165) is 32.5 Å². The molecule has 2 amide bonds.